The summed E-state index contributed by atoms with van der Waals surface area (Å²) >= 11 is 0. The predicted octanol–water partition coefficient (Wildman–Crippen LogP) is 2.42. The lowest BCUT2D eigenvalue weighted by atomic mass is 10.0. The number of aromatic nitrogens is 3. The number of fused-ring (bicyclic) bond motifs is 1. The number of carbonyl (C=O) groups excluding carboxylic acids is 1. The number of piperazine rings is 1. The van der Waals surface area contributed by atoms with Gasteiger partial charge >= 0.3 is 0 Å². The summed E-state index contributed by atoms with van der Waals surface area (Å²) in [6.45, 7) is 7.04. The molecule has 2 aromatic heterocycles. The molecule has 5 rings (SSSR count). The third-order valence-electron chi connectivity index (χ3n) is 6.83. The van der Waals surface area contributed by atoms with E-state index in [1.54, 1.807) is 4.90 Å². The zero-order chi connectivity index (χ0) is 24.5. The standard InChI is InChI=1S/C26H31N7O2/c1-18-5-4-6-23(29-18)19(2)33-24-13-20(7-8-21(24)16-30(33)3)22-14-27-26(28-15-22)32-11-9-31(10-12-32)25(35)17-34/h4-8,13-15,19,34H,9-12,16-17H2,1-3H3. The van der Waals surface area contributed by atoms with Crippen LogP contribution in [-0.2, 0) is 11.3 Å². The number of nitrogens with zero attached hydrogens (tertiary/aromatic N) is 7. The zero-order valence-corrected chi connectivity index (χ0v) is 20.4. The van der Waals surface area contributed by atoms with Gasteiger partial charge in [-0.3, -0.25) is 14.8 Å². The molecule has 182 valence electrons. The van der Waals surface area contributed by atoms with E-state index in [0.29, 0.717) is 32.1 Å². The normalized spacial score (nSPS) is 17.0. The highest BCUT2D eigenvalue weighted by Crippen LogP contribution is 2.39. The lowest BCUT2D eigenvalue weighted by Gasteiger charge is -2.34. The van der Waals surface area contributed by atoms with Gasteiger partial charge in [0.2, 0.25) is 11.9 Å². The Labute approximate surface area is 205 Å². The van der Waals surface area contributed by atoms with E-state index in [2.05, 4.69) is 69.2 Å². The SMILES string of the molecule is Cc1cccc(C(C)N2c3cc(-c4cnc(N5CCN(C(=O)CO)CC5)nc4)ccc3CN2C)n1. The molecular formula is C26H31N7O2. The monoisotopic (exact) mass is 473 g/mol. The molecule has 0 radical (unpaired) electrons. The first kappa shape index (κ1) is 23.2. The topological polar surface area (TPSA) is 88.9 Å². The fraction of sp³-hybridized carbons (Fsp3) is 0.385. The molecule has 35 heavy (non-hydrogen) atoms. The Balaban J connectivity index is 1.34. The van der Waals surface area contributed by atoms with Crippen molar-refractivity contribution in [2.45, 2.75) is 26.4 Å². The van der Waals surface area contributed by atoms with E-state index >= 15 is 0 Å². The van der Waals surface area contributed by atoms with Gasteiger partial charge in [-0.15, -0.1) is 0 Å². The van der Waals surface area contributed by atoms with Crippen LogP contribution < -0.4 is 9.91 Å². The van der Waals surface area contributed by atoms with Crippen LogP contribution in [0.2, 0.25) is 0 Å². The van der Waals surface area contributed by atoms with Gasteiger partial charge in [0.25, 0.3) is 0 Å². The Bertz CT molecular complexity index is 1210. The summed E-state index contributed by atoms with van der Waals surface area (Å²) in [7, 11) is 2.11. The quantitative estimate of drug-likeness (QED) is 0.605. The Morgan fingerprint density at radius 3 is 2.49 bits per heavy atom. The number of hydrazine groups is 1. The minimum atomic E-state index is -0.445. The van der Waals surface area contributed by atoms with Crippen molar-refractivity contribution in [1.82, 2.24) is 24.9 Å². The molecule has 1 N–H and O–H groups in total. The molecule has 2 aliphatic heterocycles. The first-order chi connectivity index (χ1) is 16.9. The van der Waals surface area contributed by atoms with E-state index in [1.807, 2.05) is 25.4 Å². The molecular weight excluding hydrogens is 442 g/mol. The maximum absolute atomic E-state index is 11.7. The molecule has 3 aromatic rings. The molecule has 9 nitrogen and oxygen atoms in total. The Kier molecular flexibility index (Phi) is 6.36. The molecule has 4 heterocycles. The number of carbonyl (C=O) groups is 1. The average molecular weight is 474 g/mol. The van der Waals surface area contributed by atoms with Crippen LogP contribution in [0.3, 0.4) is 0 Å². The summed E-state index contributed by atoms with van der Waals surface area (Å²) in [5, 5.41) is 13.6. The highest BCUT2D eigenvalue weighted by Gasteiger charge is 2.30. The molecule has 0 saturated carbocycles. The van der Waals surface area contributed by atoms with E-state index in [4.69, 9.17) is 10.1 Å². The van der Waals surface area contributed by atoms with Gasteiger partial charge in [0.15, 0.2) is 0 Å². The van der Waals surface area contributed by atoms with Gasteiger partial charge in [0.1, 0.15) is 6.61 Å². The van der Waals surface area contributed by atoms with Crippen molar-refractivity contribution < 1.29 is 9.90 Å². The number of aliphatic hydroxyl groups excluding tert-OH is 1. The van der Waals surface area contributed by atoms with Crippen molar-refractivity contribution in [3.63, 3.8) is 0 Å². The first-order valence-electron chi connectivity index (χ1n) is 12.0. The Hall–Kier alpha value is -3.56. The number of rotatable bonds is 5. The molecule has 9 heteroatoms. The second-order valence-corrected chi connectivity index (χ2v) is 9.18. The third-order valence-corrected chi connectivity index (χ3v) is 6.83. The number of aliphatic hydroxyl groups is 1. The molecule has 2 aliphatic rings. The van der Waals surface area contributed by atoms with Gasteiger partial charge < -0.3 is 14.9 Å². The molecule has 1 atom stereocenters. The van der Waals surface area contributed by atoms with Crippen LogP contribution >= 0.6 is 0 Å². The van der Waals surface area contributed by atoms with Crippen molar-refractivity contribution in [3.05, 3.63) is 65.7 Å². The smallest absolute Gasteiger partial charge is 0.248 e. The van der Waals surface area contributed by atoms with E-state index in [9.17, 15) is 4.79 Å². The van der Waals surface area contributed by atoms with Crippen LogP contribution in [0.4, 0.5) is 11.6 Å². The summed E-state index contributed by atoms with van der Waals surface area (Å²) < 4.78 is 0. The molecule has 0 aliphatic carbocycles. The second-order valence-electron chi connectivity index (χ2n) is 9.18. The van der Waals surface area contributed by atoms with Crippen LogP contribution in [0.15, 0.2) is 48.8 Å². The molecule has 0 spiro atoms. The van der Waals surface area contributed by atoms with Crippen molar-refractivity contribution in [1.29, 1.82) is 0 Å². The minimum Gasteiger partial charge on any atom is -0.387 e. The highest BCUT2D eigenvalue weighted by molar-refractivity contribution is 5.77. The van der Waals surface area contributed by atoms with Crippen LogP contribution in [0.25, 0.3) is 11.1 Å². The van der Waals surface area contributed by atoms with Crippen molar-refractivity contribution in [2.75, 3.05) is 49.7 Å². The third kappa shape index (κ3) is 4.56. The van der Waals surface area contributed by atoms with Gasteiger partial charge in [-0.2, -0.15) is 0 Å². The largest absolute Gasteiger partial charge is 0.387 e. The molecule has 1 aromatic carbocycles. The first-order valence-corrected chi connectivity index (χ1v) is 12.0. The molecule has 1 unspecified atom stereocenters. The van der Waals surface area contributed by atoms with Crippen LogP contribution in [-0.4, -0.2) is 75.7 Å². The second kappa shape index (κ2) is 9.59. The van der Waals surface area contributed by atoms with Gasteiger partial charge in [-0.1, -0.05) is 18.2 Å². The fourth-order valence-corrected chi connectivity index (χ4v) is 4.91. The number of amides is 1. The average Bonchev–Trinajstić information content (AvgIpc) is 3.22. The van der Waals surface area contributed by atoms with E-state index < -0.39 is 6.61 Å². The number of aryl methyl sites for hydroxylation is 1. The van der Waals surface area contributed by atoms with E-state index in [-0.39, 0.29) is 11.9 Å². The lowest BCUT2D eigenvalue weighted by molar-refractivity contribution is -0.134. The van der Waals surface area contributed by atoms with Gasteiger partial charge in [-0.05, 0) is 43.2 Å². The number of hydrogen-bond acceptors (Lipinski definition) is 8. The van der Waals surface area contributed by atoms with Gasteiger partial charge in [-0.25, -0.2) is 15.0 Å². The van der Waals surface area contributed by atoms with E-state index in [1.165, 1.54) is 11.3 Å². The van der Waals surface area contributed by atoms with Gasteiger partial charge in [0, 0.05) is 63.4 Å². The predicted molar refractivity (Wildman–Crippen MR) is 135 cm³/mol. The van der Waals surface area contributed by atoms with Crippen molar-refractivity contribution in [2.24, 2.45) is 0 Å². The number of hydrogen-bond donors (Lipinski definition) is 1. The number of benzene rings is 1. The van der Waals surface area contributed by atoms with Crippen LogP contribution in [0.1, 0.15) is 29.9 Å². The summed E-state index contributed by atoms with van der Waals surface area (Å²) in [6.07, 6.45) is 3.73. The number of anilines is 2. The van der Waals surface area contributed by atoms with E-state index in [0.717, 1.165) is 29.1 Å². The Morgan fingerprint density at radius 1 is 1.06 bits per heavy atom. The summed E-state index contributed by atoms with van der Waals surface area (Å²) in [5.41, 5.74) is 6.55. The minimum absolute atomic E-state index is 0.103. The number of pyridine rings is 1. The summed E-state index contributed by atoms with van der Waals surface area (Å²) in [6, 6.07) is 12.8. The van der Waals surface area contributed by atoms with Crippen LogP contribution in [0.5, 0.6) is 0 Å². The zero-order valence-electron chi connectivity index (χ0n) is 20.4. The molecule has 1 saturated heterocycles. The molecule has 1 amide bonds. The maximum Gasteiger partial charge on any atom is 0.248 e. The Morgan fingerprint density at radius 2 is 1.80 bits per heavy atom. The van der Waals surface area contributed by atoms with Crippen LogP contribution in [0, 0.1) is 6.92 Å². The summed E-state index contributed by atoms with van der Waals surface area (Å²) in [5.74, 6) is 0.427. The lowest BCUT2D eigenvalue weighted by Crippen LogP contribution is -2.50. The maximum atomic E-state index is 11.7. The van der Waals surface area contributed by atoms with Crippen molar-refractivity contribution >= 4 is 17.5 Å². The molecule has 1 fully saturated rings. The van der Waals surface area contributed by atoms with Gasteiger partial charge in [0.05, 0.1) is 17.4 Å². The highest BCUT2D eigenvalue weighted by atomic mass is 16.3. The molecule has 0 bridgehead atoms. The fourth-order valence-electron chi connectivity index (χ4n) is 4.91. The summed E-state index contributed by atoms with van der Waals surface area (Å²) in [4.78, 5) is 29.4. The van der Waals surface area contributed by atoms with Crippen molar-refractivity contribution in [3.8, 4) is 11.1 Å².